The lowest BCUT2D eigenvalue weighted by Crippen LogP contribution is -2.67. The number of amides is 1. The summed E-state index contributed by atoms with van der Waals surface area (Å²) in [6.07, 6.45) is -17.7. The van der Waals surface area contributed by atoms with Crippen molar-refractivity contribution in [1.82, 2.24) is 5.32 Å². The number of fused-ring (bicyclic) bond motifs is 1. The predicted molar refractivity (Wildman–Crippen MR) is 160 cm³/mol. The highest BCUT2D eigenvalue weighted by atomic mass is 16.8. The van der Waals surface area contributed by atoms with Crippen LogP contribution in [0.15, 0.2) is 0 Å². The summed E-state index contributed by atoms with van der Waals surface area (Å²) in [5.74, 6) is -0.784. The quantitative estimate of drug-likeness (QED) is 0.0795. The number of aliphatic hydroxyl groups excluding tert-OH is 6. The maximum Gasteiger partial charge on any atom is 0.249 e. The van der Waals surface area contributed by atoms with Gasteiger partial charge in [-0.3, -0.25) is 4.79 Å². The summed E-state index contributed by atoms with van der Waals surface area (Å²) in [6, 6.07) is -3.90. The van der Waals surface area contributed by atoms with E-state index < -0.39 is 117 Å². The van der Waals surface area contributed by atoms with Crippen LogP contribution in [0.1, 0.15) is 26.2 Å². The third kappa shape index (κ3) is 7.66. The summed E-state index contributed by atoms with van der Waals surface area (Å²) in [5.41, 5.74) is 30.1. The van der Waals surface area contributed by atoms with Crippen LogP contribution in [0, 0.1) is 0 Å². The van der Waals surface area contributed by atoms with Crippen LogP contribution in [0.5, 0.6) is 0 Å². The Morgan fingerprint density at radius 1 is 0.792 bits per heavy atom. The van der Waals surface area contributed by atoms with Gasteiger partial charge in [0.05, 0.1) is 30.8 Å². The third-order valence-corrected chi connectivity index (χ3v) is 9.75. The average Bonchev–Trinajstić information content (AvgIpc) is 3.82. The van der Waals surface area contributed by atoms with Crippen molar-refractivity contribution in [2.24, 2.45) is 28.7 Å². The first-order chi connectivity index (χ1) is 22.8. The molecule has 20 atom stereocenters. The Morgan fingerprint density at radius 2 is 1.42 bits per heavy atom. The largest absolute Gasteiger partial charge is 0.394 e. The van der Waals surface area contributed by atoms with Gasteiger partial charge in [-0.05, 0) is 25.8 Å². The highest BCUT2D eigenvalue weighted by Crippen LogP contribution is 2.40. The second kappa shape index (κ2) is 16.0. The van der Waals surface area contributed by atoms with Gasteiger partial charge in [0.25, 0.3) is 0 Å². The zero-order chi connectivity index (χ0) is 35.0. The molecule has 0 aromatic carbocycles. The number of nitrogens with two attached hydrogens (primary N) is 5. The molecule has 0 aromatic rings. The van der Waals surface area contributed by atoms with Crippen molar-refractivity contribution in [3.05, 3.63) is 0 Å². The Morgan fingerprint density at radius 3 is 2.06 bits per heavy atom. The molecule has 20 nitrogen and oxygen atoms in total. The van der Waals surface area contributed by atoms with Gasteiger partial charge in [-0.1, -0.05) is 6.92 Å². The lowest BCUT2D eigenvalue weighted by atomic mass is 9.83. The van der Waals surface area contributed by atoms with Gasteiger partial charge in [-0.2, -0.15) is 0 Å². The maximum atomic E-state index is 12.7. The topological polar surface area (TPSA) is 348 Å². The first kappa shape index (κ1) is 38.0. The van der Waals surface area contributed by atoms with Gasteiger partial charge >= 0.3 is 0 Å². The minimum Gasteiger partial charge on any atom is -0.394 e. The first-order valence-corrected chi connectivity index (χ1v) is 16.4. The summed E-state index contributed by atoms with van der Waals surface area (Å²) in [5, 5.41) is 66.4. The van der Waals surface area contributed by atoms with E-state index in [0.29, 0.717) is 6.42 Å². The molecule has 4 saturated heterocycles. The molecule has 17 N–H and O–H groups in total. The van der Waals surface area contributed by atoms with Gasteiger partial charge < -0.3 is 97.8 Å². The van der Waals surface area contributed by atoms with E-state index in [0.717, 1.165) is 0 Å². The molecule has 1 aliphatic carbocycles. The Labute approximate surface area is 277 Å². The second-order valence-electron chi connectivity index (χ2n) is 13.0. The van der Waals surface area contributed by atoms with E-state index in [-0.39, 0.29) is 44.2 Å². The molecule has 48 heavy (non-hydrogen) atoms. The summed E-state index contributed by atoms with van der Waals surface area (Å²) in [6.45, 7) is 1.13. The molecule has 0 bridgehead atoms. The van der Waals surface area contributed by atoms with Gasteiger partial charge in [-0.25, -0.2) is 0 Å². The van der Waals surface area contributed by atoms with Crippen LogP contribution in [-0.4, -0.2) is 179 Å². The van der Waals surface area contributed by atoms with Crippen molar-refractivity contribution in [3.63, 3.8) is 0 Å². The van der Waals surface area contributed by atoms with E-state index >= 15 is 0 Å². The molecule has 0 aromatic heterocycles. The van der Waals surface area contributed by atoms with Crippen molar-refractivity contribution < 1.29 is 68.6 Å². The Hall–Kier alpha value is -1.25. The molecule has 5 rings (SSSR count). The smallest absolute Gasteiger partial charge is 0.249 e. The lowest BCUT2D eigenvalue weighted by Gasteiger charge is -2.46. The molecule has 20 heteroatoms. The second-order valence-corrected chi connectivity index (χ2v) is 13.0. The summed E-state index contributed by atoms with van der Waals surface area (Å²) < 4.78 is 41.5. The SMILES string of the molecule is CC[C@H]1O[C@H](O[C@H]2[C@H](O[C@@H]3O[C@H](CO)[C@@H](O[C@H]4O[C@@H](CN)[C@@H](O)[C@H](O)[C@H]4N)[C@H]3O)[C@@H](O)[C@H](NC(=O)[C@@H](O)CCN)C[C@@H]2N)[C@H](N)C2O[C@H]21. The molecule has 0 spiro atoms. The minimum absolute atomic E-state index is 0.0129. The van der Waals surface area contributed by atoms with Crippen molar-refractivity contribution >= 4 is 5.91 Å². The number of nitrogens with one attached hydrogen (secondary N) is 1. The average molecular weight is 697 g/mol. The van der Waals surface area contributed by atoms with Gasteiger partial charge in [0, 0.05) is 12.6 Å². The van der Waals surface area contributed by atoms with Crippen molar-refractivity contribution in [1.29, 1.82) is 0 Å². The van der Waals surface area contributed by atoms with E-state index in [9.17, 15) is 35.4 Å². The van der Waals surface area contributed by atoms with E-state index in [1.807, 2.05) is 6.92 Å². The number of epoxide rings is 1. The molecule has 278 valence electrons. The molecule has 4 heterocycles. The van der Waals surface area contributed by atoms with Crippen molar-refractivity contribution in [3.8, 4) is 0 Å². The van der Waals surface area contributed by atoms with Crippen LogP contribution in [0.4, 0.5) is 0 Å². The Balaban J connectivity index is 1.35. The molecular weight excluding hydrogens is 644 g/mol. The number of aliphatic hydroxyl groups is 6. The molecule has 5 aliphatic rings. The summed E-state index contributed by atoms with van der Waals surface area (Å²) in [7, 11) is 0. The third-order valence-electron chi connectivity index (χ3n) is 9.75. The molecule has 5 fully saturated rings. The number of hydrogen-bond donors (Lipinski definition) is 12. The van der Waals surface area contributed by atoms with E-state index in [1.54, 1.807) is 0 Å². The molecule has 1 amide bonds. The summed E-state index contributed by atoms with van der Waals surface area (Å²) >= 11 is 0. The monoisotopic (exact) mass is 696 g/mol. The zero-order valence-corrected chi connectivity index (χ0v) is 26.6. The van der Waals surface area contributed by atoms with E-state index in [2.05, 4.69) is 5.32 Å². The predicted octanol–water partition coefficient (Wildman–Crippen LogP) is -7.53. The first-order valence-electron chi connectivity index (χ1n) is 16.4. The highest BCUT2D eigenvalue weighted by Gasteiger charge is 2.59. The molecule has 1 saturated carbocycles. The Bertz CT molecular complexity index is 1070. The minimum atomic E-state index is -1.64. The van der Waals surface area contributed by atoms with Crippen molar-refractivity contribution in [2.45, 2.75) is 149 Å². The molecular formula is C28H52N6O14. The zero-order valence-electron chi connectivity index (χ0n) is 26.6. The molecule has 0 radical (unpaired) electrons. The van der Waals surface area contributed by atoms with Crippen LogP contribution in [0.2, 0.25) is 0 Å². The number of carbonyl (C=O) groups excluding carboxylic acids is 1. The van der Waals surface area contributed by atoms with Gasteiger partial charge in [0.1, 0.15) is 73.2 Å². The standard InChI is InChI=1S/C28H52N6O14/c1-2-11-22-23(45-22)15(33)27(42-11)46-20-8(31)5-9(34-25(41)10(36)3-4-29)16(37)24(20)48-28-19(40)21(13(7-35)44-28)47-26-14(32)18(39)17(38)12(6-30)43-26/h8-24,26-28,35-40H,2-7,29-33H2,1H3,(H,34,41)/t8-,9+,10-,11+,12-,13+,14+,15+,16-,17+,18+,19+,20+,21+,22-,23?,24+,26+,27+,28-/m0/s1. The van der Waals surface area contributed by atoms with Gasteiger partial charge in [0.2, 0.25) is 5.91 Å². The molecule has 4 aliphatic heterocycles. The lowest BCUT2D eigenvalue weighted by molar-refractivity contribution is -0.288. The molecule has 1 unspecified atom stereocenters. The highest BCUT2D eigenvalue weighted by molar-refractivity contribution is 5.80. The number of hydrogen-bond acceptors (Lipinski definition) is 19. The van der Waals surface area contributed by atoms with E-state index in [4.69, 9.17) is 61.8 Å². The number of rotatable bonds is 13. The number of ether oxygens (including phenoxy) is 7. The fourth-order valence-corrected chi connectivity index (χ4v) is 6.84. The van der Waals surface area contributed by atoms with Crippen LogP contribution in [-0.2, 0) is 38.0 Å². The van der Waals surface area contributed by atoms with Crippen molar-refractivity contribution in [2.75, 3.05) is 19.7 Å². The number of carbonyl (C=O) groups is 1. The Kier molecular flexibility index (Phi) is 12.6. The normalized spacial score (nSPS) is 49.7. The van der Waals surface area contributed by atoms with Crippen LogP contribution in [0.25, 0.3) is 0 Å². The van der Waals surface area contributed by atoms with E-state index in [1.165, 1.54) is 0 Å². The maximum absolute atomic E-state index is 12.7. The summed E-state index contributed by atoms with van der Waals surface area (Å²) in [4.78, 5) is 12.7. The van der Waals surface area contributed by atoms with Crippen LogP contribution >= 0.6 is 0 Å². The van der Waals surface area contributed by atoms with Crippen LogP contribution in [0.3, 0.4) is 0 Å². The van der Waals surface area contributed by atoms with Gasteiger partial charge in [-0.15, -0.1) is 0 Å². The van der Waals surface area contributed by atoms with Crippen LogP contribution < -0.4 is 34.0 Å². The fourth-order valence-electron chi connectivity index (χ4n) is 6.84. The fraction of sp³-hybridized carbons (Fsp3) is 0.964. The van der Waals surface area contributed by atoms with Gasteiger partial charge in [0.15, 0.2) is 18.9 Å².